The Morgan fingerprint density at radius 3 is 2.17 bits per heavy atom. The maximum atomic E-state index is 13.3. The smallest absolute Gasteiger partial charge is 0.305 e. The summed E-state index contributed by atoms with van der Waals surface area (Å²) in [7, 11) is 0. The van der Waals surface area contributed by atoms with Gasteiger partial charge < -0.3 is 20.3 Å². The van der Waals surface area contributed by atoms with Crippen molar-refractivity contribution in [2.75, 3.05) is 12.0 Å². The Balaban J connectivity index is 1.95. The van der Waals surface area contributed by atoms with Crippen molar-refractivity contribution in [3.63, 3.8) is 0 Å². The minimum Gasteiger partial charge on any atom is -0.481 e. The molecular formula is C26H24FN3O6. The van der Waals surface area contributed by atoms with Gasteiger partial charge in [0, 0.05) is 18.2 Å². The van der Waals surface area contributed by atoms with Crippen LogP contribution in [0, 0.1) is 0 Å². The van der Waals surface area contributed by atoms with Crippen molar-refractivity contribution in [3.05, 3.63) is 100 Å². The summed E-state index contributed by atoms with van der Waals surface area (Å²) in [5, 5.41) is 13.9. The first-order valence-electron chi connectivity index (χ1n) is 11.0. The van der Waals surface area contributed by atoms with Crippen LogP contribution in [0.3, 0.4) is 0 Å². The number of alkyl halides is 1. The highest BCUT2D eigenvalue weighted by atomic mass is 19.1. The quantitative estimate of drug-likeness (QED) is 0.376. The van der Waals surface area contributed by atoms with Crippen LogP contribution in [0.5, 0.6) is 0 Å². The number of amides is 2. The van der Waals surface area contributed by atoms with Gasteiger partial charge >= 0.3 is 5.97 Å². The lowest BCUT2D eigenvalue weighted by atomic mass is 10.0. The predicted molar refractivity (Wildman–Crippen MR) is 129 cm³/mol. The molecule has 1 aromatic heterocycles. The summed E-state index contributed by atoms with van der Waals surface area (Å²) in [6.07, 6.45) is 0.539. The van der Waals surface area contributed by atoms with E-state index >= 15 is 0 Å². The molecule has 3 rings (SSSR count). The molecule has 2 aromatic carbocycles. The first-order valence-corrected chi connectivity index (χ1v) is 11.0. The molecule has 3 aromatic rings. The third-order valence-electron chi connectivity index (χ3n) is 5.38. The van der Waals surface area contributed by atoms with Crippen LogP contribution in [-0.2, 0) is 20.8 Å². The Kier molecular flexibility index (Phi) is 8.82. The van der Waals surface area contributed by atoms with Crippen LogP contribution < -0.4 is 16.2 Å². The molecule has 2 unspecified atom stereocenters. The van der Waals surface area contributed by atoms with Crippen molar-refractivity contribution in [1.82, 2.24) is 9.88 Å². The lowest BCUT2D eigenvalue weighted by Crippen LogP contribution is -2.47. The predicted octanol–water partition coefficient (Wildman–Crippen LogP) is 2.38. The third kappa shape index (κ3) is 6.72. The van der Waals surface area contributed by atoms with Gasteiger partial charge in [0.2, 0.25) is 5.91 Å². The zero-order valence-corrected chi connectivity index (χ0v) is 19.1. The van der Waals surface area contributed by atoms with Crippen molar-refractivity contribution >= 4 is 29.3 Å². The van der Waals surface area contributed by atoms with E-state index in [1.165, 1.54) is 18.3 Å². The van der Waals surface area contributed by atoms with Crippen LogP contribution >= 0.6 is 0 Å². The molecule has 0 saturated heterocycles. The number of aromatic nitrogens is 1. The van der Waals surface area contributed by atoms with E-state index in [4.69, 9.17) is 5.11 Å². The fourth-order valence-electron chi connectivity index (χ4n) is 3.57. The van der Waals surface area contributed by atoms with E-state index in [-0.39, 0.29) is 12.1 Å². The standard InChI is InChI=1S/C26H24FN3O6/c27-16-22(31)20(15-23(32)33)29-25(35)21(14-17-8-3-1-4-9-17)30-13-7-12-19(26(30)36)28-24(34)18-10-5-2-6-11-18/h1-13,20-21H,14-16H2,(H,28,34)(H,29,35)(H,32,33). The normalized spacial score (nSPS) is 12.2. The molecular weight excluding hydrogens is 469 g/mol. The van der Waals surface area contributed by atoms with Gasteiger partial charge in [-0.2, -0.15) is 0 Å². The fourth-order valence-corrected chi connectivity index (χ4v) is 3.57. The Labute approximate surface area is 205 Å². The van der Waals surface area contributed by atoms with Crippen molar-refractivity contribution < 1.29 is 28.7 Å². The number of aliphatic carboxylic acids is 1. The minimum atomic E-state index is -1.60. The largest absolute Gasteiger partial charge is 0.481 e. The van der Waals surface area contributed by atoms with E-state index in [2.05, 4.69) is 10.6 Å². The molecule has 186 valence electrons. The molecule has 0 spiro atoms. The second kappa shape index (κ2) is 12.2. The first-order chi connectivity index (χ1) is 17.3. The van der Waals surface area contributed by atoms with Crippen molar-refractivity contribution in [1.29, 1.82) is 0 Å². The number of ketones is 1. The molecule has 36 heavy (non-hydrogen) atoms. The van der Waals surface area contributed by atoms with Gasteiger partial charge in [0.15, 0.2) is 5.78 Å². The van der Waals surface area contributed by atoms with Gasteiger partial charge in [0.25, 0.3) is 11.5 Å². The van der Waals surface area contributed by atoms with Crippen LogP contribution in [0.4, 0.5) is 10.1 Å². The number of hydrogen-bond donors (Lipinski definition) is 3. The third-order valence-corrected chi connectivity index (χ3v) is 5.38. The number of carboxylic acids is 1. The highest BCUT2D eigenvalue weighted by molar-refractivity contribution is 6.04. The summed E-state index contributed by atoms with van der Waals surface area (Å²) in [4.78, 5) is 62.1. The van der Waals surface area contributed by atoms with Gasteiger partial charge in [-0.25, -0.2) is 4.39 Å². The number of carbonyl (C=O) groups excluding carboxylic acids is 3. The highest BCUT2D eigenvalue weighted by Crippen LogP contribution is 2.16. The summed E-state index contributed by atoms with van der Waals surface area (Å²) in [5.74, 6) is -3.87. The lowest BCUT2D eigenvalue weighted by molar-refractivity contribution is -0.140. The zero-order valence-electron chi connectivity index (χ0n) is 19.1. The Hall–Kier alpha value is -4.60. The van der Waals surface area contributed by atoms with Gasteiger partial charge in [-0.15, -0.1) is 0 Å². The van der Waals surface area contributed by atoms with Crippen molar-refractivity contribution in [3.8, 4) is 0 Å². The summed E-state index contributed by atoms with van der Waals surface area (Å²) in [6, 6.07) is 17.0. The average Bonchev–Trinajstić information content (AvgIpc) is 2.88. The number of carbonyl (C=O) groups is 4. The fraction of sp³-hybridized carbons (Fsp3) is 0.192. The molecule has 2 amide bonds. The average molecular weight is 493 g/mol. The molecule has 1 heterocycles. The molecule has 0 bridgehead atoms. The Morgan fingerprint density at radius 1 is 0.917 bits per heavy atom. The van der Waals surface area contributed by atoms with Gasteiger partial charge in [-0.1, -0.05) is 48.5 Å². The van der Waals surface area contributed by atoms with Gasteiger partial charge in [-0.3, -0.25) is 24.0 Å². The molecule has 10 heteroatoms. The molecule has 3 N–H and O–H groups in total. The zero-order chi connectivity index (χ0) is 26.1. The van der Waals surface area contributed by atoms with Crippen LogP contribution in [0.1, 0.15) is 28.4 Å². The van der Waals surface area contributed by atoms with E-state index in [1.54, 1.807) is 60.7 Å². The number of Topliss-reactive ketones (excluding diaryl/α,β-unsaturated/α-hetero) is 1. The summed E-state index contributed by atoms with van der Waals surface area (Å²) in [5.41, 5.74) is 0.227. The summed E-state index contributed by atoms with van der Waals surface area (Å²) < 4.78 is 14.1. The molecule has 0 aliphatic heterocycles. The number of benzene rings is 2. The number of nitrogens with one attached hydrogen (secondary N) is 2. The molecule has 0 fully saturated rings. The SMILES string of the molecule is O=C(O)CC(NC(=O)C(Cc1ccccc1)n1cccc(NC(=O)c2ccccc2)c1=O)C(=O)CF. The van der Waals surface area contributed by atoms with Gasteiger partial charge in [0.1, 0.15) is 24.4 Å². The van der Waals surface area contributed by atoms with Crippen molar-refractivity contribution in [2.24, 2.45) is 0 Å². The van der Waals surface area contributed by atoms with Crippen LogP contribution in [-0.4, -0.2) is 46.0 Å². The highest BCUT2D eigenvalue weighted by Gasteiger charge is 2.29. The number of halogens is 1. The van der Waals surface area contributed by atoms with Gasteiger partial charge in [-0.05, 0) is 29.8 Å². The van der Waals surface area contributed by atoms with E-state index in [9.17, 15) is 28.4 Å². The molecule has 0 saturated carbocycles. The number of pyridine rings is 1. The number of hydrogen-bond acceptors (Lipinski definition) is 5. The molecule has 0 aliphatic carbocycles. The lowest BCUT2D eigenvalue weighted by Gasteiger charge is -2.23. The topological polar surface area (TPSA) is 135 Å². The maximum absolute atomic E-state index is 13.3. The second-order valence-electron chi connectivity index (χ2n) is 7.92. The van der Waals surface area contributed by atoms with Crippen LogP contribution in [0.25, 0.3) is 0 Å². The number of anilines is 1. The summed E-state index contributed by atoms with van der Waals surface area (Å²) >= 11 is 0. The monoisotopic (exact) mass is 493 g/mol. The van der Waals surface area contributed by atoms with E-state index in [0.717, 1.165) is 4.57 Å². The molecule has 0 radical (unpaired) electrons. The Morgan fingerprint density at radius 2 is 1.56 bits per heavy atom. The maximum Gasteiger partial charge on any atom is 0.305 e. The van der Waals surface area contributed by atoms with Crippen molar-refractivity contribution in [2.45, 2.75) is 24.9 Å². The molecule has 2 atom stereocenters. The first kappa shape index (κ1) is 26.0. The second-order valence-corrected chi connectivity index (χ2v) is 7.92. The van der Waals surface area contributed by atoms with E-state index in [0.29, 0.717) is 11.1 Å². The number of rotatable bonds is 11. The van der Waals surface area contributed by atoms with E-state index < -0.39 is 54.3 Å². The number of carboxylic acid groups (broad SMARTS) is 1. The van der Waals surface area contributed by atoms with E-state index in [1.807, 2.05) is 0 Å². The van der Waals surface area contributed by atoms with Gasteiger partial charge in [0.05, 0.1) is 6.42 Å². The summed E-state index contributed by atoms with van der Waals surface area (Å²) in [6.45, 7) is -1.46. The molecule has 9 nitrogen and oxygen atoms in total. The Bertz CT molecular complexity index is 1290. The number of nitrogens with zero attached hydrogens (tertiary/aromatic N) is 1. The van der Waals surface area contributed by atoms with Crippen LogP contribution in [0.15, 0.2) is 83.8 Å². The minimum absolute atomic E-state index is 0.00622. The molecule has 0 aliphatic rings. The van der Waals surface area contributed by atoms with Crippen LogP contribution in [0.2, 0.25) is 0 Å².